The second-order valence-corrected chi connectivity index (χ2v) is 9.01. The number of fused-ring (bicyclic) bond motifs is 1. The van der Waals surface area contributed by atoms with Gasteiger partial charge in [0.1, 0.15) is 6.54 Å². The highest BCUT2D eigenvalue weighted by molar-refractivity contribution is 14.0. The summed E-state index contributed by atoms with van der Waals surface area (Å²) in [5, 5.41) is 13.8. The van der Waals surface area contributed by atoms with Crippen LogP contribution in [0, 0.1) is 5.92 Å². The first-order chi connectivity index (χ1) is 15.3. The van der Waals surface area contributed by atoms with Gasteiger partial charge < -0.3 is 25.4 Å². The molecule has 0 saturated heterocycles. The summed E-state index contributed by atoms with van der Waals surface area (Å²) in [6.07, 6.45) is 4.56. The number of anilines is 1. The van der Waals surface area contributed by atoms with Gasteiger partial charge in [0.15, 0.2) is 17.5 Å². The molecule has 3 rings (SSSR count). The number of hydrogen-bond donors (Lipinski definition) is 3. The molecule has 0 fully saturated rings. The number of aromatic nitrogens is 2. The predicted octanol–water partition coefficient (Wildman–Crippen LogP) is 3.27. The molecule has 1 aromatic heterocycles. The summed E-state index contributed by atoms with van der Waals surface area (Å²) in [5.74, 6) is 2.12. The Balaban J connectivity index is 0.00000385. The summed E-state index contributed by atoms with van der Waals surface area (Å²) in [7, 11) is 0. The molecule has 0 bridgehead atoms. The third-order valence-corrected chi connectivity index (χ3v) is 4.58. The van der Waals surface area contributed by atoms with Crippen LogP contribution in [0.1, 0.15) is 34.1 Å². The minimum atomic E-state index is -0.305. The molecule has 2 heterocycles. The van der Waals surface area contributed by atoms with Gasteiger partial charge in [0.2, 0.25) is 5.91 Å². The van der Waals surface area contributed by atoms with Crippen molar-refractivity contribution in [3.05, 3.63) is 36.7 Å². The van der Waals surface area contributed by atoms with Crippen molar-refractivity contribution in [1.82, 2.24) is 20.4 Å². The summed E-state index contributed by atoms with van der Waals surface area (Å²) in [4.78, 5) is 16.8. The standard InChI is InChI=1S/C23H34N6O3.HI/c1-17(16-29-10-5-9-26-29)14-24-22(25-15-21(30)28-23(2,3)4)27-18-7-8-19-20(13-18)32-12-6-11-31-19;/h5,7-10,13,17H,6,11-12,14-16H2,1-4H3,(H,28,30)(H2,24,25,27);1H. The lowest BCUT2D eigenvalue weighted by Gasteiger charge is -2.20. The van der Waals surface area contributed by atoms with E-state index < -0.39 is 0 Å². The summed E-state index contributed by atoms with van der Waals surface area (Å²) in [6, 6.07) is 7.59. The zero-order valence-corrected chi connectivity index (χ0v) is 22.1. The topological polar surface area (TPSA) is 102 Å². The molecule has 0 aliphatic carbocycles. The van der Waals surface area contributed by atoms with E-state index in [9.17, 15) is 4.79 Å². The number of aliphatic imine (C=N–C) groups is 1. The number of carbonyl (C=O) groups is 1. The zero-order chi connectivity index (χ0) is 23.0. The number of guanidine groups is 1. The molecule has 10 heteroatoms. The number of nitrogens with zero attached hydrogens (tertiary/aromatic N) is 3. The Labute approximate surface area is 212 Å². The van der Waals surface area contributed by atoms with Crippen LogP contribution in [0.15, 0.2) is 41.7 Å². The lowest BCUT2D eigenvalue weighted by Crippen LogP contribution is -2.42. The molecular weight excluding hydrogens is 535 g/mol. The van der Waals surface area contributed by atoms with Gasteiger partial charge in [0.05, 0.1) is 13.2 Å². The Morgan fingerprint density at radius 1 is 1.24 bits per heavy atom. The predicted molar refractivity (Wildman–Crippen MR) is 141 cm³/mol. The fourth-order valence-electron chi connectivity index (χ4n) is 3.19. The second-order valence-electron chi connectivity index (χ2n) is 9.01. The van der Waals surface area contributed by atoms with Crippen LogP contribution in [0.2, 0.25) is 0 Å². The number of rotatable bonds is 7. The molecule has 0 saturated carbocycles. The van der Waals surface area contributed by atoms with E-state index in [-0.39, 0.29) is 42.0 Å². The van der Waals surface area contributed by atoms with E-state index in [0.717, 1.165) is 24.4 Å². The van der Waals surface area contributed by atoms with Gasteiger partial charge in [-0.25, -0.2) is 4.99 Å². The smallest absolute Gasteiger partial charge is 0.242 e. The first-order valence-electron chi connectivity index (χ1n) is 11.0. The third-order valence-electron chi connectivity index (χ3n) is 4.58. The van der Waals surface area contributed by atoms with Gasteiger partial charge in [-0.1, -0.05) is 6.92 Å². The first kappa shape index (κ1) is 26.7. The van der Waals surface area contributed by atoms with Crippen LogP contribution in [-0.4, -0.2) is 53.5 Å². The Kier molecular flexibility index (Phi) is 10.3. The van der Waals surface area contributed by atoms with E-state index in [4.69, 9.17) is 9.47 Å². The lowest BCUT2D eigenvalue weighted by molar-refractivity contribution is -0.121. The zero-order valence-electron chi connectivity index (χ0n) is 19.8. The monoisotopic (exact) mass is 570 g/mol. The maximum Gasteiger partial charge on any atom is 0.242 e. The fourth-order valence-corrected chi connectivity index (χ4v) is 3.19. The van der Waals surface area contributed by atoms with Crippen LogP contribution in [0.25, 0.3) is 0 Å². The first-order valence-corrected chi connectivity index (χ1v) is 11.0. The van der Waals surface area contributed by atoms with Gasteiger partial charge in [-0.05, 0) is 44.9 Å². The average Bonchev–Trinajstić information content (AvgIpc) is 3.11. The van der Waals surface area contributed by atoms with Crippen LogP contribution in [0.3, 0.4) is 0 Å². The Bertz CT molecular complexity index is 911. The van der Waals surface area contributed by atoms with Crippen molar-refractivity contribution < 1.29 is 14.3 Å². The van der Waals surface area contributed by atoms with Gasteiger partial charge >= 0.3 is 0 Å². The summed E-state index contributed by atoms with van der Waals surface area (Å²) >= 11 is 0. The van der Waals surface area contributed by atoms with Crippen LogP contribution < -0.4 is 25.4 Å². The third kappa shape index (κ3) is 9.48. The number of carbonyl (C=O) groups excluding carboxylic acids is 1. The van der Waals surface area contributed by atoms with Gasteiger partial charge in [-0.2, -0.15) is 5.10 Å². The molecule has 1 atom stereocenters. The number of halogens is 1. The van der Waals surface area contributed by atoms with E-state index in [1.54, 1.807) is 6.20 Å². The number of benzene rings is 1. The maximum atomic E-state index is 12.3. The van der Waals surface area contributed by atoms with E-state index >= 15 is 0 Å². The molecule has 0 radical (unpaired) electrons. The van der Waals surface area contributed by atoms with E-state index in [0.29, 0.717) is 37.4 Å². The SMILES string of the molecule is CC(CNC(=NCC(=O)NC(C)(C)C)Nc1ccc2c(c1)OCCCO2)Cn1cccn1.I. The summed E-state index contributed by atoms with van der Waals surface area (Å²) < 4.78 is 13.4. The minimum absolute atomic E-state index is 0. The highest BCUT2D eigenvalue weighted by atomic mass is 127. The average molecular weight is 570 g/mol. The van der Waals surface area contributed by atoms with Crippen molar-refractivity contribution in [3.8, 4) is 11.5 Å². The normalized spacial score (nSPS) is 14.5. The minimum Gasteiger partial charge on any atom is -0.490 e. The number of ether oxygens (including phenoxy) is 2. The van der Waals surface area contributed by atoms with Crippen molar-refractivity contribution in [3.63, 3.8) is 0 Å². The van der Waals surface area contributed by atoms with Crippen LogP contribution in [0.5, 0.6) is 11.5 Å². The van der Waals surface area contributed by atoms with Gasteiger partial charge in [0.25, 0.3) is 0 Å². The molecule has 33 heavy (non-hydrogen) atoms. The van der Waals surface area contributed by atoms with Gasteiger partial charge in [-0.3, -0.25) is 9.48 Å². The quantitative estimate of drug-likeness (QED) is 0.269. The Hall–Kier alpha value is -2.50. The molecule has 1 aliphatic heterocycles. The number of amides is 1. The van der Waals surface area contributed by atoms with Gasteiger partial charge in [-0.15, -0.1) is 24.0 Å². The molecule has 2 aromatic rings. The maximum absolute atomic E-state index is 12.3. The molecule has 182 valence electrons. The Morgan fingerprint density at radius 2 is 2.00 bits per heavy atom. The highest BCUT2D eigenvalue weighted by Crippen LogP contribution is 2.32. The molecule has 9 nitrogen and oxygen atoms in total. The van der Waals surface area contributed by atoms with Gasteiger partial charge in [0, 0.05) is 49.2 Å². The van der Waals surface area contributed by atoms with E-state index in [2.05, 4.69) is 33.0 Å². The fraction of sp³-hybridized carbons (Fsp3) is 0.522. The Morgan fingerprint density at radius 3 is 2.70 bits per heavy atom. The van der Waals surface area contributed by atoms with Crippen molar-refractivity contribution >= 4 is 41.5 Å². The molecule has 1 unspecified atom stereocenters. The van der Waals surface area contributed by atoms with Crippen LogP contribution in [0.4, 0.5) is 5.69 Å². The van der Waals surface area contributed by atoms with Crippen molar-refractivity contribution in [2.75, 3.05) is 31.6 Å². The molecular formula is C23H35IN6O3. The van der Waals surface area contributed by atoms with Crippen molar-refractivity contribution in [2.45, 2.75) is 46.2 Å². The van der Waals surface area contributed by atoms with Crippen LogP contribution >= 0.6 is 24.0 Å². The molecule has 0 spiro atoms. The molecule has 3 N–H and O–H groups in total. The van der Waals surface area contributed by atoms with Crippen molar-refractivity contribution in [2.24, 2.45) is 10.9 Å². The summed E-state index contributed by atoms with van der Waals surface area (Å²) in [5.41, 5.74) is 0.497. The summed E-state index contributed by atoms with van der Waals surface area (Å²) in [6.45, 7) is 10.7. The van der Waals surface area contributed by atoms with Crippen LogP contribution in [-0.2, 0) is 11.3 Å². The molecule has 1 aromatic carbocycles. The number of hydrogen-bond acceptors (Lipinski definition) is 5. The molecule has 1 amide bonds. The highest BCUT2D eigenvalue weighted by Gasteiger charge is 2.15. The second kappa shape index (κ2) is 12.7. The van der Waals surface area contributed by atoms with E-state index in [1.807, 2.05) is 55.9 Å². The van der Waals surface area contributed by atoms with E-state index in [1.165, 1.54) is 0 Å². The lowest BCUT2D eigenvalue weighted by atomic mass is 10.1. The largest absolute Gasteiger partial charge is 0.490 e. The van der Waals surface area contributed by atoms with Crippen molar-refractivity contribution in [1.29, 1.82) is 0 Å². The number of nitrogens with one attached hydrogen (secondary N) is 3. The molecule has 1 aliphatic rings.